The van der Waals surface area contributed by atoms with Crippen LogP contribution < -0.4 is 15.8 Å². The highest BCUT2D eigenvalue weighted by molar-refractivity contribution is 6.32. The minimum absolute atomic E-state index is 0. The van der Waals surface area contributed by atoms with Gasteiger partial charge >= 0.3 is 0 Å². The van der Waals surface area contributed by atoms with Crippen LogP contribution in [-0.4, -0.2) is 18.6 Å². The number of carbonyl (C=O) groups is 1. The number of ether oxygens (including phenoxy) is 1. The van der Waals surface area contributed by atoms with Gasteiger partial charge in [-0.1, -0.05) is 23.7 Å². The summed E-state index contributed by atoms with van der Waals surface area (Å²) in [6.07, 6.45) is 1.70. The van der Waals surface area contributed by atoms with Crippen molar-refractivity contribution in [3.8, 4) is 5.75 Å². The first kappa shape index (κ1) is 16.1. The number of nitrogens with two attached hydrogens (primary N) is 1. The molecule has 1 aliphatic rings. The molecule has 4 nitrogen and oxygen atoms in total. The molecule has 1 heterocycles. The molecule has 0 saturated heterocycles. The molecule has 0 fully saturated rings. The Morgan fingerprint density at radius 2 is 2.32 bits per heavy atom. The monoisotopic (exact) mass is 304 g/mol. The van der Waals surface area contributed by atoms with Gasteiger partial charge in [0.15, 0.2) is 0 Å². The maximum absolute atomic E-state index is 11.7. The summed E-state index contributed by atoms with van der Waals surface area (Å²) >= 11 is 6.12. The van der Waals surface area contributed by atoms with E-state index in [1.165, 1.54) is 0 Å². The molecule has 106 valence electrons. The van der Waals surface area contributed by atoms with E-state index in [9.17, 15) is 4.79 Å². The zero-order chi connectivity index (χ0) is 13.1. The quantitative estimate of drug-likeness (QED) is 0.882. The van der Waals surface area contributed by atoms with Crippen molar-refractivity contribution in [2.24, 2.45) is 5.73 Å². The molecule has 19 heavy (non-hydrogen) atoms. The summed E-state index contributed by atoms with van der Waals surface area (Å²) in [5.41, 5.74) is 6.50. The third-order valence-electron chi connectivity index (χ3n) is 2.99. The predicted octanol–water partition coefficient (Wildman–Crippen LogP) is 2.44. The molecule has 0 aliphatic carbocycles. The summed E-state index contributed by atoms with van der Waals surface area (Å²) in [6.45, 7) is 2.28. The fourth-order valence-electron chi connectivity index (χ4n) is 2.02. The predicted molar refractivity (Wildman–Crippen MR) is 78.0 cm³/mol. The van der Waals surface area contributed by atoms with Gasteiger partial charge in [0.1, 0.15) is 5.75 Å². The molecule has 0 saturated carbocycles. The Morgan fingerprint density at radius 3 is 3.00 bits per heavy atom. The van der Waals surface area contributed by atoms with Crippen LogP contribution in [0, 0.1) is 0 Å². The van der Waals surface area contributed by atoms with Gasteiger partial charge in [-0.3, -0.25) is 4.79 Å². The maximum atomic E-state index is 11.7. The number of fused-ring (bicyclic) bond motifs is 1. The van der Waals surface area contributed by atoms with Crippen LogP contribution in [0.4, 0.5) is 0 Å². The summed E-state index contributed by atoms with van der Waals surface area (Å²) in [5, 5.41) is 3.52. The first-order chi connectivity index (χ1) is 8.59. The average molecular weight is 305 g/mol. The Morgan fingerprint density at radius 1 is 1.58 bits per heavy atom. The van der Waals surface area contributed by atoms with Crippen molar-refractivity contribution in [3.05, 3.63) is 28.8 Å². The second kappa shape index (κ2) is 6.98. The van der Waals surface area contributed by atoms with Gasteiger partial charge in [0.25, 0.3) is 0 Å². The topological polar surface area (TPSA) is 64.4 Å². The van der Waals surface area contributed by atoms with Crippen molar-refractivity contribution < 1.29 is 9.53 Å². The smallest absolute Gasteiger partial charge is 0.237 e. The molecule has 2 atom stereocenters. The highest BCUT2D eigenvalue weighted by Gasteiger charge is 2.23. The minimum Gasteiger partial charge on any atom is -0.492 e. The number of nitrogens with one attached hydrogen (secondary N) is 1. The van der Waals surface area contributed by atoms with Gasteiger partial charge in [-0.15, -0.1) is 12.4 Å². The third-order valence-corrected chi connectivity index (χ3v) is 3.28. The van der Waals surface area contributed by atoms with E-state index in [4.69, 9.17) is 22.1 Å². The first-order valence-electron chi connectivity index (χ1n) is 6.06. The van der Waals surface area contributed by atoms with Crippen LogP contribution in [0.2, 0.25) is 5.02 Å². The number of para-hydroxylation sites is 1. The standard InChI is InChI=1S/C13H17ClN2O2.ClH/c1-8(15)13(17)16-11-6-3-7-18-12-9(11)4-2-5-10(12)14;/h2,4-5,8,11H,3,6-7,15H2,1H3,(H,16,17);1H/t8-,11?;/m1./s1. The van der Waals surface area contributed by atoms with Crippen molar-refractivity contribution in [3.63, 3.8) is 0 Å². The van der Waals surface area contributed by atoms with Gasteiger partial charge in [0.05, 0.1) is 23.7 Å². The molecule has 1 unspecified atom stereocenters. The fourth-order valence-corrected chi connectivity index (χ4v) is 2.26. The van der Waals surface area contributed by atoms with Crippen molar-refractivity contribution >= 4 is 29.9 Å². The van der Waals surface area contributed by atoms with E-state index in [0.717, 1.165) is 18.4 Å². The highest BCUT2D eigenvalue weighted by atomic mass is 35.5. The Labute approximate surface area is 124 Å². The van der Waals surface area contributed by atoms with E-state index in [1.54, 1.807) is 13.0 Å². The van der Waals surface area contributed by atoms with Crippen LogP contribution in [-0.2, 0) is 4.79 Å². The molecule has 6 heteroatoms. The number of rotatable bonds is 2. The van der Waals surface area contributed by atoms with E-state index >= 15 is 0 Å². The number of hydrogen-bond acceptors (Lipinski definition) is 3. The van der Waals surface area contributed by atoms with Crippen molar-refractivity contribution in [2.45, 2.75) is 31.8 Å². The Balaban J connectivity index is 0.00000180. The van der Waals surface area contributed by atoms with Gasteiger partial charge in [-0.2, -0.15) is 0 Å². The Kier molecular flexibility index (Phi) is 5.91. The van der Waals surface area contributed by atoms with Gasteiger partial charge in [-0.25, -0.2) is 0 Å². The largest absolute Gasteiger partial charge is 0.492 e. The zero-order valence-corrected chi connectivity index (χ0v) is 12.3. The Hall–Kier alpha value is -0.970. The third kappa shape index (κ3) is 3.75. The fraction of sp³-hybridized carbons (Fsp3) is 0.462. The first-order valence-corrected chi connectivity index (χ1v) is 6.44. The number of carbonyl (C=O) groups excluding carboxylic acids is 1. The lowest BCUT2D eigenvalue weighted by Gasteiger charge is -2.20. The molecular weight excluding hydrogens is 287 g/mol. The van der Waals surface area contributed by atoms with E-state index in [1.807, 2.05) is 12.1 Å². The van der Waals surface area contributed by atoms with Crippen LogP contribution >= 0.6 is 24.0 Å². The summed E-state index contributed by atoms with van der Waals surface area (Å²) in [7, 11) is 0. The molecule has 3 N–H and O–H groups in total. The lowest BCUT2D eigenvalue weighted by atomic mass is 10.0. The van der Waals surface area contributed by atoms with E-state index in [-0.39, 0.29) is 24.4 Å². The molecule has 1 aromatic carbocycles. The van der Waals surface area contributed by atoms with Gasteiger partial charge in [0, 0.05) is 5.56 Å². The summed E-state index contributed by atoms with van der Waals surface area (Å²) < 4.78 is 5.64. The van der Waals surface area contributed by atoms with E-state index in [2.05, 4.69) is 5.32 Å². The van der Waals surface area contributed by atoms with Crippen LogP contribution in [0.5, 0.6) is 5.75 Å². The molecule has 0 radical (unpaired) electrons. The molecular formula is C13H18Cl2N2O2. The van der Waals surface area contributed by atoms with Gasteiger partial charge < -0.3 is 15.8 Å². The summed E-state index contributed by atoms with van der Waals surface area (Å²) in [5.74, 6) is 0.513. The van der Waals surface area contributed by atoms with Crippen molar-refractivity contribution in [1.82, 2.24) is 5.32 Å². The minimum atomic E-state index is -0.517. The number of benzene rings is 1. The molecule has 0 spiro atoms. The van der Waals surface area contributed by atoms with Gasteiger partial charge in [0.2, 0.25) is 5.91 Å². The molecule has 0 bridgehead atoms. The van der Waals surface area contributed by atoms with Crippen LogP contribution in [0.15, 0.2) is 18.2 Å². The second-order valence-corrected chi connectivity index (χ2v) is 4.91. The average Bonchev–Trinajstić information content (AvgIpc) is 2.53. The lowest BCUT2D eigenvalue weighted by Crippen LogP contribution is -2.40. The van der Waals surface area contributed by atoms with E-state index in [0.29, 0.717) is 17.4 Å². The Bertz CT molecular complexity index is 452. The summed E-state index contributed by atoms with van der Waals surface area (Å²) in [6, 6.07) is 4.98. The van der Waals surface area contributed by atoms with Crippen molar-refractivity contribution in [2.75, 3.05) is 6.61 Å². The van der Waals surface area contributed by atoms with E-state index < -0.39 is 6.04 Å². The molecule has 0 aromatic heterocycles. The van der Waals surface area contributed by atoms with Crippen LogP contribution in [0.25, 0.3) is 0 Å². The molecule has 1 amide bonds. The number of amides is 1. The SMILES string of the molecule is C[C@@H](N)C(=O)NC1CCCOc2c(Cl)cccc21.Cl. The zero-order valence-electron chi connectivity index (χ0n) is 10.7. The lowest BCUT2D eigenvalue weighted by molar-refractivity contribution is -0.122. The summed E-state index contributed by atoms with van der Waals surface area (Å²) in [4.78, 5) is 11.7. The highest BCUT2D eigenvalue weighted by Crippen LogP contribution is 2.36. The number of hydrogen-bond donors (Lipinski definition) is 2. The molecule has 1 aliphatic heterocycles. The molecule has 2 rings (SSSR count). The van der Waals surface area contributed by atoms with Crippen LogP contribution in [0.3, 0.4) is 0 Å². The second-order valence-electron chi connectivity index (χ2n) is 4.50. The molecule has 1 aromatic rings. The van der Waals surface area contributed by atoms with Gasteiger partial charge in [-0.05, 0) is 25.8 Å². The van der Waals surface area contributed by atoms with Crippen molar-refractivity contribution in [1.29, 1.82) is 0 Å². The maximum Gasteiger partial charge on any atom is 0.237 e. The normalized spacial score (nSPS) is 19.2. The van der Waals surface area contributed by atoms with Crippen LogP contribution in [0.1, 0.15) is 31.4 Å². The number of halogens is 2.